The van der Waals surface area contributed by atoms with Gasteiger partial charge in [0.1, 0.15) is 17.3 Å². The molecular formula is C31H26ClN3O5. The van der Waals surface area contributed by atoms with E-state index in [0.29, 0.717) is 38.8 Å². The molecule has 2 heterocycles. The molecule has 0 unspecified atom stereocenters. The number of aromatic nitrogens is 2. The Labute approximate surface area is 235 Å². The molecular weight excluding hydrogens is 530 g/mol. The number of hydrogen-bond acceptors (Lipinski definition) is 6. The fraction of sp³-hybridized carbons (Fsp3) is 0.161. The second kappa shape index (κ2) is 10.8. The third-order valence-electron chi connectivity index (χ3n) is 6.60. The molecule has 0 saturated carbocycles. The molecule has 5 aromatic rings. The van der Waals surface area contributed by atoms with Gasteiger partial charge in [-0.2, -0.15) is 9.78 Å². The van der Waals surface area contributed by atoms with E-state index in [1.165, 1.54) is 29.1 Å². The number of ether oxygens (including phenoxy) is 1. The molecule has 40 heavy (non-hydrogen) atoms. The summed E-state index contributed by atoms with van der Waals surface area (Å²) in [6, 6.07) is 18.8. The Bertz CT molecular complexity index is 1850. The quantitative estimate of drug-likeness (QED) is 0.217. The number of benzene rings is 3. The molecule has 202 valence electrons. The van der Waals surface area contributed by atoms with Crippen LogP contribution in [-0.4, -0.2) is 34.1 Å². The molecule has 0 atom stereocenters. The molecule has 0 amide bonds. The van der Waals surface area contributed by atoms with E-state index in [-0.39, 0.29) is 17.0 Å². The summed E-state index contributed by atoms with van der Waals surface area (Å²) in [6.45, 7) is 6.08. The minimum Gasteiger partial charge on any atom is -0.496 e. The predicted molar refractivity (Wildman–Crippen MR) is 156 cm³/mol. The second-order valence-electron chi connectivity index (χ2n) is 9.58. The van der Waals surface area contributed by atoms with Gasteiger partial charge in [-0.1, -0.05) is 37.6 Å². The van der Waals surface area contributed by atoms with Crippen LogP contribution in [0.25, 0.3) is 33.6 Å². The van der Waals surface area contributed by atoms with Crippen molar-refractivity contribution >= 4 is 34.7 Å². The van der Waals surface area contributed by atoms with E-state index in [1.807, 2.05) is 25.1 Å². The van der Waals surface area contributed by atoms with Gasteiger partial charge >= 0.3 is 5.97 Å². The molecule has 0 aliphatic heterocycles. The molecule has 8 nitrogen and oxygen atoms in total. The van der Waals surface area contributed by atoms with Crippen LogP contribution in [0.1, 0.15) is 47.0 Å². The number of aromatic carboxylic acids is 1. The van der Waals surface area contributed by atoms with Crippen molar-refractivity contribution in [3.05, 3.63) is 105 Å². The summed E-state index contributed by atoms with van der Waals surface area (Å²) in [7, 11) is 1.64. The highest BCUT2D eigenvalue weighted by Gasteiger charge is 2.19. The number of halogens is 1. The van der Waals surface area contributed by atoms with Crippen LogP contribution in [0.2, 0.25) is 5.02 Å². The van der Waals surface area contributed by atoms with Crippen LogP contribution in [0.5, 0.6) is 5.75 Å². The van der Waals surface area contributed by atoms with Crippen molar-refractivity contribution in [3.8, 4) is 28.5 Å². The average molecular weight is 556 g/mol. The van der Waals surface area contributed by atoms with E-state index >= 15 is 0 Å². The van der Waals surface area contributed by atoms with E-state index in [1.54, 1.807) is 37.4 Å². The molecule has 3 aromatic carbocycles. The number of carboxylic acids is 1. The lowest BCUT2D eigenvalue weighted by atomic mass is 9.96. The van der Waals surface area contributed by atoms with Gasteiger partial charge in [0, 0.05) is 11.1 Å². The van der Waals surface area contributed by atoms with Crippen LogP contribution in [0.4, 0.5) is 0 Å². The molecule has 0 aliphatic carbocycles. The average Bonchev–Trinajstić information content (AvgIpc) is 3.41. The van der Waals surface area contributed by atoms with Crippen molar-refractivity contribution in [1.82, 2.24) is 9.66 Å². The highest BCUT2D eigenvalue weighted by Crippen LogP contribution is 2.34. The first kappa shape index (κ1) is 26.9. The van der Waals surface area contributed by atoms with E-state index < -0.39 is 5.97 Å². The maximum atomic E-state index is 13.7. The Balaban J connectivity index is 1.64. The van der Waals surface area contributed by atoms with Gasteiger partial charge in [0.2, 0.25) is 0 Å². The molecule has 0 spiro atoms. The van der Waals surface area contributed by atoms with E-state index in [9.17, 15) is 14.7 Å². The monoisotopic (exact) mass is 555 g/mol. The minimum atomic E-state index is -1.07. The minimum absolute atomic E-state index is 0.0834. The van der Waals surface area contributed by atoms with E-state index in [2.05, 4.69) is 18.9 Å². The van der Waals surface area contributed by atoms with Gasteiger partial charge in [0.25, 0.3) is 5.56 Å². The van der Waals surface area contributed by atoms with Crippen LogP contribution < -0.4 is 10.3 Å². The van der Waals surface area contributed by atoms with Crippen molar-refractivity contribution < 1.29 is 19.1 Å². The van der Waals surface area contributed by atoms with E-state index in [4.69, 9.17) is 25.7 Å². The largest absolute Gasteiger partial charge is 0.496 e. The lowest BCUT2D eigenvalue weighted by Crippen LogP contribution is -2.20. The van der Waals surface area contributed by atoms with Crippen molar-refractivity contribution in [3.63, 3.8) is 0 Å². The summed E-state index contributed by atoms with van der Waals surface area (Å²) in [4.78, 5) is 29.9. The van der Waals surface area contributed by atoms with Crippen LogP contribution >= 0.6 is 11.6 Å². The maximum absolute atomic E-state index is 13.7. The van der Waals surface area contributed by atoms with Crippen LogP contribution in [0.15, 0.2) is 81.0 Å². The van der Waals surface area contributed by atoms with Gasteiger partial charge < -0.3 is 14.3 Å². The third kappa shape index (κ3) is 5.01. The normalized spacial score (nSPS) is 11.6. The molecule has 0 aliphatic rings. The van der Waals surface area contributed by atoms with Crippen molar-refractivity contribution in [2.45, 2.75) is 26.7 Å². The smallest absolute Gasteiger partial charge is 0.335 e. The van der Waals surface area contributed by atoms with Gasteiger partial charge in [0.15, 0.2) is 5.82 Å². The number of carbonyl (C=O) groups is 1. The lowest BCUT2D eigenvalue weighted by molar-refractivity contribution is 0.0697. The molecule has 0 saturated heterocycles. The molecule has 9 heteroatoms. The number of furan rings is 1. The number of methoxy groups -OCH3 is 1. The highest BCUT2D eigenvalue weighted by atomic mass is 35.5. The fourth-order valence-corrected chi connectivity index (χ4v) is 4.71. The van der Waals surface area contributed by atoms with Gasteiger partial charge in [-0.25, -0.2) is 9.78 Å². The molecule has 0 radical (unpaired) electrons. The Morgan fingerprint density at radius 2 is 1.88 bits per heavy atom. The fourth-order valence-electron chi connectivity index (χ4n) is 4.50. The zero-order valence-corrected chi connectivity index (χ0v) is 23.1. The summed E-state index contributed by atoms with van der Waals surface area (Å²) >= 11 is 6.30. The Kier molecular flexibility index (Phi) is 7.28. The number of carboxylic acid groups (broad SMARTS) is 1. The number of rotatable bonds is 7. The first-order valence-electron chi connectivity index (χ1n) is 12.6. The number of fused-ring (bicyclic) bond motifs is 1. The van der Waals surface area contributed by atoms with Crippen LogP contribution in [0, 0.1) is 6.92 Å². The molecule has 0 fully saturated rings. The topological polar surface area (TPSA) is 107 Å². The number of para-hydroxylation sites is 1. The van der Waals surface area contributed by atoms with Gasteiger partial charge in [-0.05, 0) is 78.6 Å². The summed E-state index contributed by atoms with van der Waals surface area (Å²) < 4.78 is 12.8. The maximum Gasteiger partial charge on any atom is 0.335 e. The molecule has 2 aromatic heterocycles. The number of aryl methyl sites for hydroxylation is 1. The Hall–Kier alpha value is -4.69. The Morgan fingerprint density at radius 1 is 1.10 bits per heavy atom. The highest BCUT2D eigenvalue weighted by molar-refractivity contribution is 6.33. The lowest BCUT2D eigenvalue weighted by Gasteiger charge is -2.17. The first-order valence-corrected chi connectivity index (χ1v) is 12.9. The SMILES string of the molecule is COc1cc(C)c(-c2nc3ccccc3c(=O)n2N=Cc2ccc(-c3cc(C(=O)O)ccc3Cl)o2)cc1C(C)C. The van der Waals surface area contributed by atoms with Gasteiger partial charge in [-0.15, -0.1) is 0 Å². The number of hydrogen-bond donors (Lipinski definition) is 1. The van der Waals surface area contributed by atoms with Crippen molar-refractivity contribution in [2.75, 3.05) is 7.11 Å². The second-order valence-corrected chi connectivity index (χ2v) is 9.99. The third-order valence-corrected chi connectivity index (χ3v) is 6.93. The molecule has 5 rings (SSSR count). The zero-order valence-electron chi connectivity index (χ0n) is 22.3. The van der Waals surface area contributed by atoms with Crippen molar-refractivity contribution in [1.29, 1.82) is 0 Å². The van der Waals surface area contributed by atoms with Gasteiger partial charge in [-0.3, -0.25) is 4.79 Å². The summed E-state index contributed by atoms with van der Waals surface area (Å²) in [5.41, 5.74) is 3.35. The first-order chi connectivity index (χ1) is 19.2. The van der Waals surface area contributed by atoms with Crippen LogP contribution in [0.3, 0.4) is 0 Å². The van der Waals surface area contributed by atoms with E-state index in [0.717, 1.165) is 22.4 Å². The summed E-state index contributed by atoms with van der Waals surface area (Å²) in [6.07, 6.45) is 1.42. The molecule has 1 N–H and O–H groups in total. The molecule has 0 bridgehead atoms. The Morgan fingerprint density at radius 3 is 2.60 bits per heavy atom. The predicted octanol–water partition coefficient (Wildman–Crippen LogP) is 7.00. The van der Waals surface area contributed by atoms with Gasteiger partial charge in [0.05, 0.1) is 34.8 Å². The van der Waals surface area contributed by atoms with Crippen LogP contribution in [-0.2, 0) is 0 Å². The zero-order chi connectivity index (χ0) is 28.6. The standard InChI is InChI=1S/C31H26ClN3O5/c1-17(2)22-15-23(18(3)13-28(22)39-4)29-34-26-8-6-5-7-21(26)30(36)35(29)33-16-20-10-12-27(40-20)24-14-19(31(37)38)9-11-25(24)32/h5-17H,1-4H3,(H,37,38). The summed E-state index contributed by atoms with van der Waals surface area (Å²) in [5, 5.41) is 14.6. The van der Waals surface area contributed by atoms with Crippen molar-refractivity contribution in [2.24, 2.45) is 5.10 Å². The number of nitrogens with zero attached hydrogens (tertiary/aromatic N) is 3. The summed E-state index contributed by atoms with van der Waals surface area (Å²) in [5.74, 6) is 0.954.